The summed E-state index contributed by atoms with van der Waals surface area (Å²) in [6, 6.07) is 15.4. The molecule has 0 radical (unpaired) electrons. The Hall–Kier alpha value is -1.85. The fourth-order valence-electron chi connectivity index (χ4n) is 2.86. The normalized spacial score (nSPS) is 16.6. The fraction of sp³-hybridized carbons (Fsp3) is 0.350. The first-order chi connectivity index (χ1) is 12.1. The first-order valence-corrected chi connectivity index (χ1v) is 9.26. The number of benzene rings is 2. The molecule has 1 fully saturated rings. The van der Waals surface area contributed by atoms with Crippen molar-refractivity contribution in [1.82, 2.24) is 4.90 Å². The molecule has 1 atom stereocenters. The van der Waals surface area contributed by atoms with Crippen LogP contribution in [0.25, 0.3) is 0 Å². The van der Waals surface area contributed by atoms with E-state index < -0.39 is 0 Å². The topological polar surface area (TPSA) is 38.8 Å². The average molecular weight is 404 g/mol. The summed E-state index contributed by atoms with van der Waals surface area (Å²) in [5.74, 6) is 0.716. The molecule has 0 spiro atoms. The lowest BCUT2D eigenvalue weighted by molar-refractivity contribution is 0.0676. The molecule has 132 valence electrons. The van der Waals surface area contributed by atoms with Crippen molar-refractivity contribution in [3.8, 4) is 5.75 Å². The zero-order valence-corrected chi connectivity index (χ0v) is 15.9. The van der Waals surface area contributed by atoms with Gasteiger partial charge in [0.2, 0.25) is 0 Å². The minimum atomic E-state index is -0.0183. The van der Waals surface area contributed by atoms with E-state index in [-0.39, 0.29) is 12.0 Å². The number of carbonyl (C=O) groups excluding carboxylic acids is 1. The Labute approximate surface area is 156 Å². The largest absolute Gasteiger partial charge is 0.490 e. The van der Waals surface area contributed by atoms with Crippen LogP contribution < -0.4 is 4.74 Å². The van der Waals surface area contributed by atoms with Crippen LogP contribution in [-0.2, 0) is 11.3 Å². The number of ether oxygens (including phenoxy) is 2. The second-order valence-corrected chi connectivity index (χ2v) is 7.09. The molecule has 0 aliphatic carbocycles. The molecule has 1 saturated heterocycles. The Kier molecular flexibility index (Phi) is 6.10. The van der Waals surface area contributed by atoms with Crippen molar-refractivity contribution in [2.24, 2.45) is 0 Å². The zero-order chi connectivity index (χ0) is 17.6. The number of halogens is 1. The van der Waals surface area contributed by atoms with Crippen LogP contribution in [0.15, 0.2) is 53.0 Å². The molecule has 0 bridgehead atoms. The first kappa shape index (κ1) is 18.0. The second-order valence-electron chi connectivity index (χ2n) is 6.24. The van der Waals surface area contributed by atoms with Crippen molar-refractivity contribution in [2.75, 3.05) is 20.3 Å². The molecule has 0 saturated carbocycles. The standard InChI is InChI=1S/C20H22BrNO3/c1-22(13-15-6-3-2-4-7-15)20(23)16-9-10-19(18(21)12-16)25-14-17-8-5-11-24-17/h2-4,6-7,9-10,12,17H,5,8,11,13-14H2,1H3. The van der Waals surface area contributed by atoms with Crippen LogP contribution in [0.2, 0.25) is 0 Å². The van der Waals surface area contributed by atoms with Crippen LogP contribution >= 0.6 is 15.9 Å². The molecule has 1 aliphatic heterocycles. The SMILES string of the molecule is CN(Cc1ccccc1)C(=O)c1ccc(OCC2CCCO2)c(Br)c1. The molecule has 5 heteroatoms. The fourth-order valence-corrected chi connectivity index (χ4v) is 3.35. The monoisotopic (exact) mass is 403 g/mol. The highest BCUT2D eigenvalue weighted by Crippen LogP contribution is 2.27. The number of nitrogens with zero attached hydrogens (tertiary/aromatic N) is 1. The van der Waals surface area contributed by atoms with Gasteiger partial charge in [-0.3, -0.25) is 4.79 Å². The van der Waals surface area contributed by atoms with Crippen molar-refractivity contribution < 1.29 is 14.3 Å². The molecule has 0 aromatic heterocycles. The maximum Gasteiger partial charge on any atom is 0.253 e. The first-order valence-electron chi connectivity index (χ1n) is 8.47. The summed E-state index contributed by atoms with van der Waals surface area (Å²) in [5.41, 5.74) is 1.74. The molecular weight excluding hydrogens is 382 g/mol. The van der Waals surface area contributed by atoms with Gasteiger partial charge >= 0.3 is 0 Å². The van der Waals surface area contributed by atoms with E-state index in [1.165, 1.54) is 0 Å². The summed E-state index contributed by atoms with van der Waals surface area (Å²) in [6.07, 6.45) is 2.31. The van der Waals surface area contributed by atoms with Gasteiger partial charge in [0, 0.05) is 25.8 Å². The third kappa shape index (κ3) is 4.83. The Bertz CT molecular complexity index is 714. The Morgan fingerprint density at radius 2 is 2.08 bits per heavy atom. The smallest absolute Gasteiger partial charge is 0.253 e. The quantitative estimate of drug-likeness (QED) is 0.722. The molecule has 0 N–H and O–H groups in total. The number of amides is 1. The van der Waals surface area contributed by atoms with Gasteiger partial charge in [-0.25, -0.2) is 0 Å². The number of hydrogen-bond donors (Lipinski definition) is 0. The summed E-state index contributed by atoms with van der Waals surface area (Å²) in [4.78, 5) is 14.3. The van der Waals surface area contributed by atoms with Crippen LogP contribution in [0.5, 0.6) is 5.75 Å². The molecule has 1 aliphatic rings. The van der Waals surface area contributed by atoms with E-state index in [0.717, 1.165) is 35.2 Å². The molecule has 1 unspecified atom stereocenters. The van der Waals surface area contributed by atoms with Gasteiger partial charge in [0.1, 0.15) is 12.4 Å². The van der Waals surface area contributed by atoms with E-state index >= 15 is 0 Å². The summed E-state index contributed by atoms with van der Waals surface area (Å²) in [5, 5.41) is 0. The maximum absolute atomic E-state index is 12.6. The highest BCUT2D eigenvalue weighted by molar-refractivity contribution is 9.10. The lowest BCUT2D eigenvalue weighted by Crippen LogP contribution is -2.26. The molecule has 4 nitrogen and oxygen atoms in total. The van der Waals surface area contributed by atoms with E-state index in [9.17, 15) is 4.79 Å². The molecule has 25 heavy (non-hydrogen) atoms. The van der Waals surface area contributed by atoms with Gasteiger partial charge < -0.3 is 14.4 Å². The predicted octanol–water partition coefficient (Wildman–Crippen LogP) is 4.28. The van der Waals surface area contributed by atoms with Crippen LogP contribution in [-0.4, -0.2) is 37.2 Å². The molecule has 1 amide bonds. The summed E-state index contributed by atoms with van der Waals surface area (Å²) in [6.45, 7) is 1.94. The van der Waals surface area contributed by atoms with Crippen LogP contribution in [0.4, 0.5) is 0 Å². The lowest BCUT2D eigenvalue weighted by Gasteiger charge is -2.18. The van der Waals surface area contributed by atoms with Crippen molar-refractivity contribution in [3.05, 3.63) is 64.1 Å². The molecule has 1 heterocycles. The van der Waals surface area contributed by atoms with Crippen LogP contribution in [0.3, 0.4) is 0 Å². The van der Waals surface area contributed by atoms with E-state index in [4.69, 9.17) is 9.47 Å². The van der Waals surface area contributed by atoms with E-state index in [2.05, 4.69) is 15.9 Å². The maximum atomic E-state index is 12.6. The van der Waals surface area contributed by atoms with Gasteiger partial charge in [-0.15, -0.1) is 0 Å². The zero-order valence-electron chi connectivity index (χ0n) is 14.3. The summed E-state index contributed by atoms with van der Waals surface area (Å²) < 4.78 is 12.2. The predicted molar refractivity (Wildman–Crippen MR) is 101 cm³/mol. The van der Waals surface area contributed by atoms with Crippen molar-refractivity contribution in [2.45, 2.75) is 25.5 Å². The van der Waals surface area contributed by atoms with E-state index in [0.29, 0.717) is 18.7 Å². The minimum Gasteiger partial charge on any atom is -0.490 e. The highest BCUT2D eigenvalue weighted by Gasteiger charge is 2.18. The van der Waals surface area contributed by atoms with Gasteiger partial charge in [-0.1, -0.05) is 30.3 Å². The Balaban J connectivity index is 1.61. The van der Waals surface area contributed by atoms with Crippen molar-refractivity contribution in [3.63, 3.8) is 0 Å². The van der Waals surface area contributed by atoms with Gasteiger partial charge in [-0.2, -0.15) is 0 Å². The van der Waals surface area contributed by atoms with Gasteiger partial charge in [-0.05, 0) is 52.5 Å². The van der Waals surface area contributed by atoms with Crippen LogP contribution in [0.1, 0.15) is 28.8 Å². The van der Waals surface area contributed by atoms with Gasteiger partial charge in [0.25, 0.3) is 5.91 Å². The number of carbonyl (C=O) groups is 1. The molecule has 3 rings (SSSR count). The Morgan fingerprint density at radius 1 is 1.28 bits per heavy atom. The third-order valence-electron chi connectivity index (χ3n) is 4.24. The summed E-state index contributed by atoms with van der Waals surface area (Å²) in [7, 11) is 1.81. The molecule has 2 aromatic carbocycles. The van der Waals surface area contributed by atoms with Crippen molar-refractivity contribution in [1.29, 1.82) is 0 Å². The second kappa shape index (κ2) is 8.50. The van der Waals surface area contributed by atoms with Gasteiger partial charge in [0.15, 0.2) is 0 Å². The molecular formula is C20H22BrNO3. The minimum absolute atomic E-state index is 0.0183. The highest BCUT2D eigenvalue weighted by atomic mass is 79.9. The van der Waals surface area contributed by atoms with Crippen LogP contribution in [0, 0.1) is 0 Å². The lowest BCUT2D eigenvalue weighted by atomic mass is 10.1. The van der Waals surface area contributed by atoms with Crippen molar-refractivity contribution >= 4 is 21.8 Å². The van der Waals surface area contributed by atoms with E-state index in [1.807, 2.05) is 49.5 Å². The third-order valence-corrected chi connectivity index (χ3v) is 4.86. The number of hydrogen-bond acceptors (Lipinski definition) is 3. The molecule has 2 aromatic rings. The number of rotatable bonds is 6. The van der Waals surface area contributed by atoms with Gasteiger partial charge in [0.05, 0.1) is 10.6 Å². The Morgan fingerprint density at radius 3 is 2.76 bits per heavy atom. The van der Waals surface area contributed by atoms with E-state index in [1.54, 1.807) is 11.0 Å². The average Bonchev–Trinajstić information content (AvgIpc) is 3.14. The summed E-state index contributed by atoms with van der Waals surface area (Å²) >= 11 is 3.50.